The number of aromatic nitrogens is 2. The number of carbonyl (C=O) groups is 1. The van der Waals surface area contributed by atoms with Crippen LogP contribution in [-0.4, -0.2) is 20.9 Å². The van der Waals surface area contributed by atoms with Crippen molar-refractivity contribution < 1.29 is 14.3 Å². The molecule has 0 spiro atoms. The fraction of sp³-hybridized carbons (Fsp3) is 0.231. The molecule has 0 radical (unpaired) electrons. The maximum Gasteiger partial charge on any atom is 0.339 e. The van der Waals surface area contributed by atoms with Crippen LogP contribution in [0.5, 0.6) is 0 Å². The Hall–Kier alpha value is -2.17. The first-order chi connectivity index (χ1) is 8.61. The molecule has 0 aliphatic heterocycles. The summed E-state index contributed by atoms with van der Waals surface area (Å²) in [6, 6.07) is 6.19. The van der Waals surface area contributed by atoms with E-state index < -0.39 is 5.97 Å². The third kappa shape index (κ3) is 2.40. The lowest BCUT2D eigenvalue weighted by atomic mass is 10.2. The molecule has 2 rings (SSSR count). The highest BCUT2D eigenvalue weighted by Gasteiger charge is 2.15. The Morgan fingerprint density at radius 2 is 2.28 bits per heavy atom. The molecule has 0 atom stereocenters. The molecule has 1 N–H and O–H groups in total. The topological polar surface area (TPSA) is 55.1 Å². The van der Waals surface area contributed by atoms with Crippen molar-refractivity contribution >= 4 is 5.97 Å². The van der Waals surface area contributed by atoms with E-state index in [2.05, 4.69) is 5.10 Å². The SMILES string of the molecule is CCc1c(C(=O)O)cnn1Cc1cccc(F)c1. The van der Waals surface area contributed by atoms with Gasteiger partial charge in [0.05, 0.1) is 18.4 Å². The first kappa shape index (κ1) is 12.3. The first-order valence-electron chi connectivity index (χ1n) is 5.64. The molecule has 0 aliphatic carbocycles. The van der Waals surface area contributed by atoms with Crippen LogP contribution in [-0.2, 0) is 13.0 Å². The van der Waals surface area contributed by atoms with Gasteiger partial charge in [-0.15, -0.1) is 0 Å². The quantitative estimate of drug-likeness (QED) is 0.903. The minimum atomic E-state index is -0.989. The summed E-state index contributed by atoms with van der Waals surface area (Å²) in [5, 5.41) is 13.1. The number of benzene rings is 1. The van der Waals surface area contributed by atoms with Gasteiger partial charge in [-0.1, -0.05) is 19.1 Å². The third-order valence-corrected chi connectivity index (χ3v) is 2.74. The van der Waals surface area contributed by atoms with Gasteiger partial charge in [0.15, 0.2) is 0 Å². The second-order valence-corrected chi connectivity index (χ2v) is 3.95. The molecule has 1 aromatic carbocycles. The van der Waals surface area contributed by atoms with Crippen molar-refractivity contribution in [3.8, 4) is 0 Å². The molecular weight excluding hydrogens is 235 g/mol. The van der Waals surface area contributed by atoms with E-state index in [1.807, 2.05) is 6.92 Å². The number of halogens is 1. The highest BCUT2D eigenvalue weighted by atomic mass is 19.1. The summed E-state index contributed by atoms with van der Waals surface area (Å²) in [7, 11) is 0. The van der Waals surface area contributed by atoms with Crippen LogP contribution in [0.4, 0.5) is 4.39 Å². The summed E-state index contributed by atoms with van der Waals surface area (Å²) in [6.45, 7) is 2.24. The maximum atomic E-state index is 13.1. The maximum absolute atomic E-state index is 13.1. The van der Waals surface area contributed by atoms with Crippen LogP contribution < -0.4 is 0 Å². The van der Waals surface area contributed by atoms with Gasteiger partial charge < -0.3 is 5.11 Å². The summed E-state index contributed by atoms with van der Waals surface area (Å²) >= 11 is 0. The van der Waals surface area contributed by atoms with Crippen molar-refractivity contribution in [2.45, 2.75) is 19.9 Å². The minimum absolute atomic E-state index is 0.203. The predicted octanol–water partition coefficient (Wildman–Crippen LogP) is 2.33. The number of carboxylic acid groups (broad SMARTS) is 1. The number of rotatable bonds is 4. The van der Waals surface area contributed by atoms with E-state index in [1.54, 1.807) is 16.8 Å². The van der Waals surface area contributed by atoms with Crippen LogP contribution in [0.3, 0.4) is 0 Å². The molecule has 0 saturated heterocycles. The van der Waals surface area contributed by atoms with Crippen LogP contribution in [0.25, 0.3) is 0 Å². The average molecular weight is 248 g/mol. The first-order valence-corrected chi connectivity index (χ1v) is 5.64. The number of aromatic carboxylic acids is 1. The normalized spacial score (nSPS) is 10.6. The van der Waals surface area contributed by atoms with Crippen LogP contribution in [0.2, 0.25) is 0 Å². The van der Waals surface area contributed by atoms with E-state index in [1.165, 1.54) is 18.3 Å². The Morgan fingerprint density at radius 3 is 2.89 bits per heavy atom. The largest absolute Gasteiger partial charge is 0.478 e. The molecule has 1 heterocycles. The van der Waals surface area contributed by atoms with E-state index in [4.69, 9.17) is 5.11 Å². The zero-order valence-corrected chi connectivity index (χ0v) is 9.93. The standard InChI is InChI=1S/C13H13FN2O2/c1-2-12-11(13(17)18)7-15-16(12)8-9-4-3-5-10(14)6-9/h3-7H,2,8H2,1H3,(H,17,18). The minimum Gasteiger partial charge on any atom is -0.478 e. The van der Waals surface area contributed by atoms with Gasteiger partial charge in [0.1, 0.15) is 11.4 Å². The second kappa shape index (κ2) is 5.00. The molecule has 0 unspecified atom stereocenters. The van der Waals surface area contributed by atoms with Gasteiger partial charge in [0, 0.05) is 0 Å². The predicted molar refractivity (Wildman–Crippen MR) is 64.1 cm³/mol. The van der Waals surface area contributed by atoms with E-state index in [0.717, 1.165) is 5.56 Å². The van der Waals surface area contributed by atoms with Gasteiger partial charge in [-0.25, -0.2) is 9.18 Å². The Bertz CT molecular complexity index is 578. The van der Waals surface area contributed by atoms with E-state index in [9.17, 15) is 9.18 Å². The van der Waals surface area contributed by atoms with Gasteiger partial charge >= 0.3 is 5.97 Å². The Labute approximate surface area is 104 Å². The molecule has 18 heavy (non-hydrogen) atoms. The summed E-state index contributed by atoms with van der Waals surface area (Å²) in [6.07, 6.45) is 1.90. The molecule has 2 aromatic rings. The second-order valence-electron chi connectivity index (χ2n) is 3.95. The molecule has 4 nitrogen and oxygen atoms in total. The molecule has 1 aromatic heterocycles. The zero-order chi connectivity index (χ0) is 13.1. The monoisotopic (exact) mass is 248 g/mol. The summed E-state index contributed by atoms with van der Waals surface area (Å²) in [5.74, 6) is -1.30. The lowest BCUT2D eigenvalue weighted by Gasteiger charge is -2.07. The lowest BCUT2D eigenvalue weighted by molar-refractivity contribution is 0.0695. The molecule has 0 fully saturated rings. The van der Waals surface area contributed by atoms with Crippen LogP contribution >= 0.6 is 0 Å². The van der Waals surface area contributed by atoms with Crippen molar-refractivity contribution in [3.05, 3.63) is 53.1 Å². The number of carboxylic acids is 1. The van der Waals surface area contributed by atoms with Crippen molar-refractivity contribution in [1.82, 2.24) is 9.78 Å². The number of hydrogen-bond acceptors (Lipinski definition) is 2. The Morgan fingerprint density at radius 1 is 1.50 bits per heavy atom. The average Bonchev–Trinajstić information content (AvgIpc) is 2.72. The molecule has 0 bridgehead atoms. The number of hydrogen-bond donors (Lipinski definition) is 1. The molecule has 94 valence electrons. The Kier molecular flexibility index (Phi) is 3.41. The molecular formula is C13H13FN2O2. The summed E-state index contributed by atoms with van der Waals surface area (Å²) < 4.78 is 14.7. The lowest BCUT2D eigenvalue weighted by Crippen LogP contribution is -2.08. The highest BCUT2D eigenvalue weighted by molar-refractivity contribution is 5.88. The van der Waals surface area contributed by atoms with E-state index in [0.29, 0.717) is 18.7 Å². The van der Waals surface area contributed by atoms with Crippen molar-refractivity contribution in [3.63, 3.8) is 0 Å². The van der Waals surface area contributed by atoms with Crippen LogP contribution in [0, 0.1) is 5.82 Å². The molecule has 0 amide bonds. The molecule has 0 aliphatic rings. The van der Waals surface area contributed by atoms with Gasteiger partial charge in [-0.2, -0.15) is 5.10 Å². The van der Waals surface area contributed by atoms with E-state index in [-0.39, 0.29) is 11.4 Å². The van der Waals surface area contributed by atoms with Crippen molar-refractivity contribution in [2.24, 2.45) is 0 Å². The van der Waals surface area contributed by atoms with Crippen molar-refractivity contribution in [2.75, 3.05) is 0 Å². The van der Waals surface area contributed by atoms with Gasteiger partial charge in [0.25, 0.3) is 0 Å². The molecule has 5 heteroatoms. The fourth-order valence-electron chi connectivity index (χ4n) is 1.91. The molecule has 0 saturated carbocycles. The third-order valence-electron chi connectivity index (χ3n) is 2.74. The van der Waals surface area contributed by atoms with Crippen LogP contribution in [0.1, 0.15) is 28.5 Å². The smallest absolute Gasteiger partial charge is 0.339 e. The van der Waals surface area contributed by atoms with Gasteiger partial charge in [-0.3, -0.25) is 4.68 Å². The van der Waals surface area contributed by atoms with E-state index >= 15 is 0 Å². The Balaban J connectivity index is 2.32. The van der Waals surface area contributed by atoms with Gasteiger partial charge in [0.2, 0.25) is 0 Å². The fourth-order valence-corrected chi connectivity index (χ4v) is 1.91. The summed E-state index contributed by atoms with van der Waals surface area (Å²) in [5.41, 5.74) is 1.60. The van der Waals surface area contributed by atoms with Gasteiger partial charge in [-0.05, 0) is 24.1 Å². The summed E-state index contributed by atoms with van der Waals surface area (Å²) in [4.78, 5) is 11.0. The number of nitrogens with zero attached hydrogens (tertiary/aromatic N) is 2. The van der Waals surface area contributed by atoms with Crippen molar-refractivity contribution in [1.29, 1.82) is 0 Å². The zero-order valence-electron chi connectivity index (χ0n) is 9.93. The van der Waals surface area contributed by atoms with Crippen LogP contribution in [0.15, 0.2) is 30.5 Å². The highest BCUT2D eigenvalue weighted by Crippen LogP contribution is 2.13.